The van der Waals surface area contributed by atoms with Crippen LogP contribution < -0.4 is 21.7 Å². The average Bonchev–Trinajstić information content (AvgIpc) is 2.71. The van der Waals surface area contributed by atoms with Crippen LogP contribution >= 0.6 is 0 Å². The van der Waals surface area contributed by atoms with E-state index in [-0.39, 0.29) is 18.9 Å². The van der Waals surface area contributed by atoms with E-state index in [4.69, 9.17) is 10.8 Å². The first-order valence-corrected chi connectivity index (χ1v) is 9.56. The maximum atomic E-state index is 12.9. The average molecular weight is 406 g/mol. The van der Waals surface area contributed by atoms with E-state index < -0.39 is 41.8 Å². The number of hydrogen-bond donors (Lipinski definition) is 5. The number of amides is 3. The minimum absolute atomic E-state index is 0.169. The lowest BCUT2D eigenvalue weighted by atomic mass is 9.97. The second-order valence-corrected chi connectivity index (χ2v) is 6.95. The number of benzene rings is 1. The predicted molar refractivity (Wildman–Crippen MR) is 108 cm³/mol. The van der Waals surface area contributed by atoms with Crippen molar-refractivity contribution >= 4 is 23.7 Å². The molecule has 1 aromatic carbocycles. The van der Waals surface area contributed by atoms with E-state index in [1.165, 1.54) is 6.92 Å². The highest BCUT2D eigenvalue weighted by Crippen LogP contribution is 2.10. The number of nitrogens with two attached hydrogens (primary N) is 1. The molecule has 4 unspecified atom stereocenters. The number of hydrogen-bond acceptors (Lipinski definition) is 5. The van der Waals surface area contributed by atoms with Crippen molar-refractivity contribution in [3.63, 3.8) is 0 Å². The Labute approximate surface area is 170 Å². The summed E-state index contributed by atoms with van der Waals surface area (Å²) >= 11 is 0. The van der Waals surface area contributed by atoms with Gasteiger partial charge in [-0.25, -0.2) is 0 Å². The van der Waals surface area contributed by atoms with Crippen molar-refractivity contribution in [3.05, 3.63) is 35.9 Å². The van der Waals surface area contributed by atoms with Gasteiger partial charge in [0.1, 0.15) is 18.1 Å². The van der Waals surface area contributed by atoms with Crippen molar-refractivity contribution in [2.24, 2.45) is 11.7 Å². The predicted octanol–water partition coefficient (Wildman–Crippen LogP) is -0.207. The summed E-state index contributed by atoms with van der Waals surface area (Å²) in [7, 11) is 0. The molecule has 0 aromatic heterocycles. The zero-order valence-corrected chi connectivity index (χ0v) is 17.0. The fraction of sp³-hybridized carbons (Fsp3) is 0.500. The van der Waals surface area contributed by atoms with Gasteiger partial charge in [0, 0.05) is 6.42 Å². The van der Waals surface area contributed by atoms with Gasteiger partial charge in [0.05, 0.1) is 6.54 Å². The standard InChI is InChI=1S/C20H30N4O5/c1-4-12(2)17(24-16(25)11-21)19(27)23-15(10-14-8-6-5-7-9-14)18(26)22-13(3)20(28)29/h5-9,12-13,15,17H,4,10-11,21H2,1-3H3,(H,22,26)(H,23,27)(H,24,25)(H,28,29). The number of carbonyl (C=O) groups excluding carboxylic acids is 3. The molecule has 0 radical (unpaired) electrons. The van der Waals surface area contributed by atoms with Crippen molar-refractivity contribution in [1.29, 1.82) is 0 Å². The summed E-state index contributed by atoms with van der Waals surface area (Å²) < 4.78 is 0. The zero-order chi connectivity index (χ0) is 22.0. The lowest BCUT2D eigenvalue weighted by Gasteiger charge is -2.26. The molecule has 1 aromatic rings. The number of aliphatic carboxylic acids is 1. The van der Waals surface area contributed by atoms with Crippen LogP contribution in [0.1, 0.15) is 32.8 Å². The highest BCUT2D eigenvalue weighted by molar-refractivity contribution is 5.93. The lowest BCUT2D eigenvalue weighted by molar-refractivity contribution is -0.141. The lowest BCUT2D eigenvalue weighted by Crippen LogP contribution is -2.58. The molecule has 160 valence electrons. The Morgan fingerprint density at radius 1 is 1.00 bits per heavy atom. The van der Waals surface area contributed by atoms with Crippen LogP contribution in [0.3, 0.4) is 0 Å². The first-order chi connectivity index (χ1) is 13.7. The van der Waals surface area contributed by atoms with E-state index in [0.717, 1.165) is 5.56 Å². The summed E-state index contributed by atoms with van der Waals surface area (Å²) in [6.07, 6.45) is 0.789. The molecule has 0 saturated carbocycles. The summed E-state index contributed by atoms with van der Waals surface area (Å²) in [4.78, 5) is 48.3. The molecule has 0 aliphatic heterocycles. The highest BCUT2D eigenvalue weighted by atomic mass is 16.4. The van der Waals surface area contributed by atoms with Crippen molar-refractivity contribution < 1.29 is 24.3 Å². The summed E-state index contributed by atoms with van der Waals surface area (Å²) in [5.74, 6) is -3.00. The Balaban J connectivity index is 3.03. The summed E-state index contributed by atoms with van der Waals surface area (Å²) in [5, 5.41) is 16.7. The minimum Gasteiger partial charge on any atom is -0.480 e. The Kier molecular flexibility index (Phi) is 9.81. The van der Waals surface area contributed by atoms with E-state index in [2.05, 4.69) is 16.0 Å². The fourth-order valence-corrected chi connectivity index (χ4v) is 2.63. The molecule has 4 atom stereocenters. The Morgan fingerprint density at radius 2 is 1.62 bits per heavy atom. The number of rotatable bonds is 11. The van der Waals surface area contributed by atoms with Crippen molar-refractivity contribution in [2.75, 3.05) is 6.54 Å². The van der Waals surface area contributed by atoms with Crippen LogP contribution in [0.4, 0.5) is 0 Å². The molecule has 0 spiro atoms. The maximum absolute atomic E-state index is 12.9. The molecule has 6 N–H and O–H groups in total. The third-order valence-electron chi connectivity index (χ3n) is 4.64. The summed E-state index contributed by atoms with van der Waals surface area (Å²) in [6, 6.07) is 6.05. The largest absolute Gasteiger partial charge is 0.480 e. The van der Waals surface area contributed by atoms with Crippen LogP contribution in [0.2, 0.25) is 0 Å². The Hall–Kier alpha value is -2.94. The van der Waals surface area contributed by atoms with Gasteiger partial charge in [-0.15, -0.1) is 0 Å². The molecule has 29 heavy (non-hydrogen) atoms. The van der Waals surface area contributed by atoms with Crippen LogP contribution in [0.5, 0.6) is 0 Å². The maximum Gasteiger partial charge on any atom is 0.325 e. The Bertz CT molecular complexity index is 710. The smallest absolute Gasteiger partial charge is 0.325 e. The fourth-order valence-electron chi connectivity index (χ4n) is 2.63. The van der Waals surface area contributed by atoms with Gasteiger partial charge in [-0.05, 0) is 18.4 Å². The van der Waals surface area contributed by atoms with Gasteiger partial charge in [-0.1, -0.05) is 50.6 Å². The van der Waals surface area contributed by atoms with Crippen LogP contribution in [0.25, 0.3) is 0 Å². The van der Waals surface area contributed by atoms with Gasteiger partial charge < -0.3 is 26.8 Å². The highest BCUT2D eigenvalue weighted by Gasteiger charge is 2.30. The van der Waals surface area contributed by atoms with Crippen molar-refractivity contribution in [3.8, 4) is 0 Å². The molecule has 0 heterocycles. The summed E-state index contributed by atoms with van der Waals surface area (Å²) in [5.41, 5.74) is 6.13. The molecule has 0 fully saturated rings. The molecule has 0 bridgehead atoms. The van der Waals surface area contributed by atoms with Gasteiger partial charge in [-0.3, -0.25) is 19.2 Å². The van der Waals surface area contributed by atoms with E-state index >= 15 is 0 Å². The molecule has 9 heteroatoms. The molecule has 0 aliphatic carbocycles. The normalized spacial score (nSPS) is 14.8. The monoisotopic (exact) mass is 406 g/mol. The topological polar surface area (TPSA) is 151 Å². The van der Waals surface area contributed by atoms with E-state index in [1.807, 2.05) is 13.0 Å². The van der Waals surface area contributed by atoms with Crippen LogP contribution in [-0.4, -0.2) is 53.5 Å². The number of carboxylic acid groups (broad SMARTS) is 1. The third-order valence-corrected chi connectivity index (χ3v) is 4.64. The number of carbonyl (C=O) groups is 4. The molecular weight excluding hydrogens is 376 g/mol. The van der Waals surface area contributed by atoms with Crippen LogP contribution in [-0.2, 0) is 25.6 Å². The van der Waals surface area contributed by atoms with Gasteiger partial charge in [0.25, 0.3) is 0 Å². The molecule has 1 rings (SSSR count). The molecular formula is C20H30N4O5. The molecule has 0 aliphatic rings. The van der Waals surface area contributed by atoms with Crippen LogP contribution in [0, 0.1) is 5.92 Å². The zero-order valence-electron chi connectivity index (χ0n) is 17.0. The quantitative estimate of drug-likeness (QED) is 0.343. The SMILES string of the molecule is CCC(C)C(NC(=O)CN)C(=O)NC(Cc1ccccc1)C(=O)NC(C)C(=O)O. The van der Waals surface area contributed by atoms with Gasteiger partial charge in [-0.2, -0.15) is 0 Å². The second-order valence-electron chi connectivity index (χ2n) is 6.95. The van der Waals surface area contributed by atoms with Crippen molar-refractivity contribution in [1.82, 2.24) is 16.0 Å². The molecule has 9 nitrogen and oxygen atoms in total. The van der Waals surface area contributed by atoms with Crippen molar-refractivity contribution in [2.45, 2.75) is 51.7 Å². The van der Waals surface area contributed by atoms with E-state index in [9.17, 15) is 19.2 Å². The molecule has 3 amide bonds. The van der Waals surface area contributed by atoms with E-state index in [0.29, 0.717) is 6.42 Å². The molecule has 0 saturated heterocycles. The third kappa shape index (κ3) is 7.90. The second kappa shape index (κ2) is 11.8. The minimum atomic E-state index is -1.18. The number of nitrogens with one attached hydrogen (secondary N) is 3. The van der Waals surface area contributed by atoms with Gasteiger partial charge >= 0.3 is 5.97 Å². The van der Waals surface area contributed by atoms with Crippen LogP contribution in [0.15, 0.2) is 30.3 Å². The van der Waals surface area contributed by atoms with Gasteiger partial charge in [0.2, 0.25) is 17.7 Å². The first kappa shape index (κ1) is 24.1. The Morgan fingerprint density at radius 3 is 2.14 bits per heavy atom. The number of carboxylic acids is 1. The summed E-state index contributed by atoms with van der Waals surface area (Å²) in [6.45, 7) is 4.76. The van der Waals surface area contributed by atoms with Gasteiger partial charge in [0.15, 0.2) is 0 Å². The van der Waals surface area contributed by atoms with E-state index in [1.54, 1.807) is 31.2 Å². The first-order valence-electron chi connectivity index (χ1n) is 9.56.